The van der Waals surface area contributed by atoms with Crippen molar-refractivity contribution in [2.75, 3.05) is 6.79 Å². The molecule has 2 rings (SSSR count). The van der Waals surface area contributed by atoms with Crippen molar-refractivity contribution in [1.29, 1.82) is 0 Å². The highest BCUT2D eigenvalue weighted by atomic mass is 16.7. The van der Waals surface area contributed by atoms with Crippen LogP contribution in [0.1, 0.15) is 17.0 Å². The number of ether oxygens (including phenoxy) is 2. The molecule has 1 aromatic carbocycles. The summed E-state index contributed by atoms with van der Waals surface area (Å²) >= 11 is 0. The van der Waals surface area contributed by atoms with Crippen LogP contribution in [0.15, 0.2) is 42.5 Å². The molecule has 0 fully saturated rings. The number of aromatic nitrogens is 1. The first-order valence-electron chi connectivity index (χ1n) is 6.20. The summed E-state index contributed by atoms with van der Waals surface area (Å²) in [7, 11) is 0. The molecule has 0 aliphatic carbocycles. The van der Waals surface area contributed by atoms with E-state index in [0.29, 0.717) is 18.9 Å². The summed E-state index contributed by atoms with van der Waals surface area (Å²) in [4.78, 5) is 4.32. The Morgan fingerprint density at radius 1 is 1.11 bits per heavy atom. The Morgan fingerprint density at radius 2 is 1.89 bits per heavy atom. The van der Waals surface area contributed by atoms with Crippen molar-refractivity contribution in [3.63, 3.8) is 0 Å². The van der Waals surface area contributed by atoms with Gasteiger partial charge in [-0.15, -0.1) is 0 Å². The third-order valence-electron chi connectivity index (χ3n) is 2.67. The fraction of sp³-hybridized carbons (Fsp3) is 0.267. The van der Waals surface area contributed by atoms with Crippen LogP contribution in [-0.2, 0) is 17.9 Å². The fourth-order valence-electron chi connectivity index (χ4n) is 1.71. The lowest BCUT2D eigenvalue weighted by Gasteiger charge is -2.10. The highest BCUT2D eigenvalue weighted by Crippen LogP contribution is 2.16. The molecule has 0 bridgehead atoms. The first kappa shape index (κ1) is 13.5. The molecule has 2 aromatic rings. The molecule has 2 N–H and O–H groups in total. The van der Waals surface area contributed by atoms with Gasteiger partial charge in [-0.3, -0.25) is 4.98 Å². The second kappa shape index (κ2) is 6.87. The van der Waals surface area contributed by atoms with Gasteiger partial charge in [-0.1, -0.05) is 30.3 Å². The molecule has 0 aliphatic rings. The third-order valence-corrected chi connectivity index (χ3v) is 2.67. The summed E-state index contributed by atoms with van der Waals surface area (Å²) in [6.45, 7) is 3.00. The van der Waals surface area contributed by atoms with Gasteiger partial charge in [-0.25, -0.2) is 0 Å². The van der Waals surface area contributed by atoms with E-state index in [-0.39, 0.29) is 6.79 Å². The lowest BCUT2D eigenvalue weighted by molar-refractivity contribution is 0.00429. The molecule has 0 spiro atoms. The van der Waals surface area contributed by atoms with Crippen molar-refractivity contribution in [3.05, 3.63) is 59.4 Å². The van der Waals surface area contributed by atoms with Crippen molar-refractivity contribution in [1.82, 2.24) is 4.98 Å². The molecule has 0 atom stereocenters. The van der Waals surface area contributed by atoms with Gasteiger partial charge in [-0.05, 0) is 24.6 Å². The average molecular weight is 258 g/mol. The van der Waals surface area contributed by atoms with Crippen molar-refractivity contribution in [3.8, 4) is 5.75 Å². The van der Waals surface area contributed by atoms with E-state index in [4.69, 9.17) is 15.2 Å². The van der Waals surface area contributed by atoms with Gasteiger partial charge >= 0.3 is 0 Å². The smallest absolute Gasteiger partial charge is 0.189 e. The Labute approximate surface area is 113 Å². The quantitative estimate of drug-likeness (QED) is 0.638. The van der Waals surface area contributed by atoms with Gasteiger partial charge in [0.05, 0.1) is 12.3 Å². The monoisotopic (exact) mass is 258 g/mol. The summed E-state index contributed by atoms with van der Waals surface area (Å²) in [6.07, 6.45) is 0. The topological polar surface area (TPSA) is 57.4 Å². The molecule has 0 radical (unpaired) electrons. The minimum Gasteiger partial charge on any atom is -0.466 e. The Balaban J connectivity index is 1.83. The molecule has 19 heavy (non-hydrogen) atoms. The molecule has 0 unspecified atom stereocenters. The fourth-order valence-corrected chi connectivity index (χ4v) is 1.71. The van der Waals surface area contributed by atoms with Crippen LogP contribution >= 0.6 is 0 Å². The van der Waals surface area contributed by atoms with E-state index in [1.54, 1.807) is 0 Å². The van der Waals surface area contributed by atoms with Crippen molar-refractivity contribution >= 4 is 0 Å². The van der Waals surface area contributed by atoms with Crippen LogP contribution in [0.2, 0.25) is 0 Å². The number of nitrogens with zero attached hydrogens (tertiary/aromatic N) is 1. The van der Waals surface area contributed by atoms with Crippen LogP contribution in [0.25, 0.3) is 0 Å². The largest absolute Gasteiger partial charge is 0.466 e. The van der Waals surface area contributed by atoms with Crippen LogP contribution in [0.3, 0.4) is 0 Å². The maximum absolute atomic E-state index is 5.63. The van der Waals surface area contributed by atoms with E-state index in [1.165, 1.54) is 0 Å². The Kier molecular flexibility index (Phi) is 4.89. The number of hydrogen-bond acceptors (Lipinski definition) is 4. The summed E-state index contributed by atoms with van der Waals surface area (Å²) in [6, 6.07) is 13.7. The highest BCUT2D eigenvalue weighted by Gasteiger charge is 2.04. The van der Waals surface area contributed by atoms with Crippen molar-refractivity contribution in [2.24, 2.45) is 5.73 Å². The normalized spacial score (nSPS) is 10.4. The van der Waals surface area contributed by atoms with Gasteiger partial charge in [0.25, 0.3) is 0 Å². The molecule has 0 saturated carbocycles. The van der Waals surface area contributed by atoms with Gasteiger partial charge in [0.15, 0.2) is 6.79 Å². The second-order valence-electron chi connectivity index (χ2n) is 4.20. The number of benzene rings is 1. The van der Waals surface area contributed by atoms with Crippen molar-refractivity contribution < 1.29 is 9.47 Å². The molecule has 4 nitrogen and oxygen atoms in total. The lowest BCUT2D eigenvalue weighted by atomic mass is 10.2. The van der Waals surface area contributed by atoms with Crippen LogP contribution in [0, 0.1) is 6.92 Å². The van der Waals surface area contributed by atoms with Gasteiger partial charge in [-0.2, -0.15) is 0 Å². The third kappa shape index (κ3) is 4.05. The summed E-state index contributed by atoms with van der Waals surface area (Å²) in [5.74, 6) is 0.682. The SMILES string of the molecule is Cc1ccc(OCOCc2ccccc2)c(CN)n1. The highest BCUT2D eigenvalue weighted by molar-refractivity contribution is 5.28. The molecule has 0 aliphatic heterocycles. The minimum atomic E-state index is 0.187. The summed E-state index contributed by atoms with van der Waals surface area (Å²) in [5, 5.41) is 0. The zero-order valence-electron chi connectivity index (χ0n) is 11.0. The Morgan fingerprint density at radius 3 is 2.63 bits per heavy atom. The molecule has 0 amide bonds. The van der Waals surface area contributed by atoms with E-state index in [9.17, 15) is 0 Å². The van der Waals surface area contributed by atoms with Crippen LogP contribution in [0.4, 0.5) is 0 Å². The molecule has 4 heteroatoms. The Hall–Kier alpha value is -1.91. The number of pyridine rings is 1. The zero-order chi connectivity index (χ0) is 13.5. The summed E-state index contributed by atoms with van der Waals surface area (Å²) < 4.78 is 11.0. The predicted octanol–water partition coefficient (Wildman–Crippen LogP) is 2.40. The maximum Gasteiger partial charge on any atom is 0.189 e. The van der Waals surface area contributed by atoms with Gasteiger partial charge in [0.2, 0.25) is 0 Å². The molecular weight excluding hydrogens is 240 g/mol. The molecular formula is C15H18N2O2. The zero-order valence-corrected chi connectivity index (χ0v) is 11.0. The van der Waals surface area contributed by atoms with Crippen molar-refractivity contribution in [2.45, 2.75) is 20.1 Å². The first-order chi connectivity index (χ1) is 9.29. The molecule has 1 heterocycles. The molecule has 0 saturated heterocycles. The minimum absolute atomic E-state index is 0.187. The predicted molar refractivity (Wildman–Crippen MR) is 73.6 cm³/mol. The van der Waals surface area contributed by atoms with Gasteiger partial charge in [0.1, 0.15) is 5.75 Å². The first-order valence-corrected chi connectivity index (χ1v) is 6.20. The Bertz CT molecular complexity index is 515. The number of aryl methyl sites for hydroxylation is 1. The summed E-state index contributed by atoms with van der Waals surface area (Å²) in [5.41, 5.74) is 8.43. The van der Waals surface area contributed by atoms with Crippen LogP contribution in [-0.4, -0.2) is 11.8 Å². The number of nitrogens with two attached hydrogens (primary N) is 1. The maximum atomic E-state index is 5.63. The van der Waals surface area contributed by atoms with Crippen LogP contribution in [0.5, 0.6) is 5.75 Å². The van der Waals surface area contributed by atoms with E-state index in [2.05, 4.69) is 4.98 Å². The lowest BCUT2D eigenvalue weighted by Crippen LogP contribution is -2.08. The molecule has 1 aromatic heterocycles. The van der Waals surface area contributed by atoms with E-state index in [1.807, 2.05) is 49.4 Å². The van der Waals surface area contributed by atoms with Crippen LogP contribution < -0.4 is 10.5 Å². The number of rotatable bonds is 6. The standard InChI is InChI=1S/C15H18N2O2/c1-12-7-8-15(14(9-16)17-12)19-11-18-10-13-5-3-2-4-6-13/h2-8H,9-11,16H2,1H3. The molecule has 100 valence electrons. The van der Waals surface area contributed by atoms with E-state index >= 15 is 0 Å². The average Bonchev–Trinajstić information content (AvgIpc) is 2.46. The van der Waals surface area contributed by atoms with E-state index < -0.39 is 0 Å². The van der Waals surface area contributed by atoms with E-state index in [0.717, 1.165) is 17.0 Å². The number of hydrogen-bond donors (Lipinski definition) is 1. The van der Waals surface area contributed by atoms with Gasteiger partial charge in [0, 0.05) is 12.2 Å². The van der Waals surface area contributed by atoms with Gasteiger partial charge < -0.3 is 15.2 Å². The second-order valence-corrected chi connectivity index (χ2v) is 4.20.